The second kappa shape index (κ2) is 7.45. The van der Waals surface area contributed by atoms with E-state index >= 15 is 0 Å². The molecule has 132 valence electrons. The Bertz CT molecular complexity index is 1020. The highest BCUT2D eigenvalue weighted by molar-refractivity contribution is 6.33. The van der Waals surface area contributed by atoms with Gasteiger partial charge in [-0.25, -0.2) is 4.79 Å². The van der Waals surface area contributed by atoms with Crippen LogP contribution < -0.4 is 10.2 Å². The van der Waals surface area contributed by atoms with Crippen molar-refractivity contribution in [2.45, 2.75) is 6.92 Å². The van der Waals surface area contributed by atoms with Crippen molar-refractivity contribution < 1.29 is 14.6 Å². The number of hydrogen-bond donors (Lipinski definition) is 2. The highest BCUT2D eigenvalue weighted by Gasteiger charge is 2.09. The van der Waals surface area contributed by atoms with Gasteiger partial charge in [-0.05, 0) is 59.7 Å². The van der Waals surface area contributed by atoms with Gasteiger partial charge in [0.15, 0.2) is 0 Å². The number of benzene rings is 3. The van der Waals surface area contributed by atoms with E-state index in [1.54, 1.807) is 13.2 Å². The van der Waals surface area contributed by atoms with Crippen molar-refractivity contribution in [1.82, 2.24) is 0 Å². The number of nitrogens with zero attached hydrogens (tertiary/aromatic N) is 1. The zero-order valence-electron chi connectivity index (χ0n) is 14.3. The average Bonchev–Trinajstić information content (AvgIpc) is 2.65. The van der Waals surface area contributed by atoms with Crippen LogP contribution in [0.1, 0.15) is 22.8 Å². The molecule has 3 rings (SSSR count). The molecule has 0 bridgehead atoms. The lowest BCUT2D eigenvalue weighted by molar-refractivity contribution is 0.0697. The molecule has 0 saturated heterocycles. The summed E-state index contributed by atoms with van der Waals surface area (Å²) in [6.07, 6.45) is 0. The van der Waals surface area contributed by atoms with Gasteiger partial charge in [-0.1, -0.05) is 29.8 Å². The summed E-state index contributed by atoms with van der Waals surface area (Å²) in [7, 11) is 1.64. The number of carboxylic acid groups (broad SMARTS) is 1. The first-order valence-corrected chi connectivity index (χ1v) is 8.27. The Labute approximate surface area is 155 Å². The van der Waals surface area contributed by atoms with Crippen LogP contribution in [0.2, 0.25) is 5.02 Å². The molecule has 0 heterocycles. The van der Waals surface area contributed by atoms with E-state index in [0.29, 0.717) is 5.69 Å². The first kappa shape index (κ1) is 17.8. The molecule has 0 aliphatic rings. The monoisotopic (exact) mass is 368 g/mol. The fourth-order valence-corrected chi connectivity index (χ4v) is 2.75. The second-order valence-corrected chi connectivity index (χ2v) is 6.14. The molecule has 0 unspecified atom stereocenters. The number of carbonyl (C=O) groups is 1. The fourth-order valence-electron chi connectivity index (χ4n) is 2.55. The van der Waals surface area contributed by atoms with Crippen LogP contribution >= 0.6 is 11.6 Å². The summed E-state index contributed by atoms with van der Waals surface area (Å²) in [6.45, 7) is 1.88. The normalized spacial score (nSPS) is 11.4. The molecule has 0 fully saturated rings. The third kappa shape index (κ3) is 3.78. The van der Waals surface area contributed by atoms with Crippen LogP contribution in [0, 0.1) is 0 Å². The fraction of sp³-hybridized carbons (Fsp3) is 0.100. The number of nitrogens with one attached hydrogen (secondary N) is 1. The number of hydrogen-bond acceptors (Lipinski definition) is 4. The molecule has 0 spiro atoms. The lowest BCUT2D eigenvalue weighted by Crippen LogP contribution is -2.02. The molecule has 2 N–H and O–H groups in total. The van der Waals surface area contributed by atoms with Crippen molar-refractivity contribution in [3.05, 3.63) is 70.7 Å². The number of aromatic carboxylic acids is 1. The zero-order chi connectivity index (χ0) is 18.7. The molecule has 0 aromatic heterocycles. The van der Waals surface area contributed by atoms with Crippen molar-refractivity contribution in [3.8, 4) is 5.75 Å². The van der Waals surface area contributed by atoms with E-state index in [0.717, 1.165) is 27.8 Å². The summed E-state index contributed by atoms with van der Waals surface area (Å²) in [5.74, 6) is -0.265. The van der Waals surface area contributed by atoms with Crippen molar-refractivity contribution in [3.63, 3.8) is 0 Å². The summed E-state index contributed by atoms with van der Waals surface area (Å²) in [6, 6.07) is 16.6. The van der Waals surface area contributed by atoms with E-state index < -0.39 is 5.97 Å². The van der Waals surface area contributed by atoms with E-state index in [2.05, 4.69) is 10.5 Å². The Balaban J connectivity index is 1.84. The van der Waals surface area contributed by atoms with Gasteiger partial charge >= 0.3 is 5.97 Å². The topological polar surface area (TPSA) is 70.9 Å². The smallest absolute Gasteiger partial charge is 0.337 e. The van der Waals surface area contributed by atoms with Crippen molar-refractivity contribution in [2.24, 2.45) is 5.10 Å². The molecule has 6 heteroatoms. The second-order valence-electron chi connectivity index (χ2n) is 5.74. The molecule has 0 aliphatic carbocycles. The Morgan fingerprint density at radius 2 is 1.81 bits per heavy atom. The van der Waals surface area contributed by atoms with E-state index in [4.69, 9.17) is 21.4 Å². The largest absolute Gasteiger partial charge is 0.497 e. The van der Waals surface area contributed by atoms with Crippen LogP contribution in [0.4, 0.5) is 5.69 Å². The first-order valence-electron chi connectivity index (χ1n) is 7.89. The quantitative estimate of drug-likeness (QED) is 0.489. The zero-order valence-corrected chi connectivity index (χ0v) is 15.0. The van der Waals surface area contributed by atoms with Crippen LogP contribution in [-0.4, -0.2) is 23.9 Å². The maximum Gasteiger partial charge on any atom is 0.337 e. The van der Waals surface area contributed by atoms with Gasteiger partial charge in [0.1, 0.15) is 5.75 Å². The summed E-state index contributed by atoms with van der Waals surface area (Å²) in [4.78, 5) is 11.1. The number of halogens is 1. The lowest BCUT2D eigenvalue weighted by Gasteiger charge is -2.07. The van der Waals surface area contributed by atoms with Crippen LogP contribution in [0.15, 0.2) is 59.7 Å². The van der Waals surface area contributed by atoms with Crippen LogP contribution in [0.5, 0.6) is 5.75 Å². The molecule has 0 aliphatic heterocycles. The maximum atomic E-state index is 11.1. The number of methoxy groups -OCH3 is 1. The predicted octanol–water partition coefficient (Wildman–Crippen LogP) is 5.04. The van der Waals surface area contributed by atoms with Crippen LogP contribution in [0.25, 0.3) is 10.8 Å². The SMILES string of the molecule is COc1ccc2cc(/C(C)=N\Nc3ccc(Cl)c(C(=O)O)c3)ccc2c1. The number of hydrazone groups is 1. The van der Waals surface area contributed by atoms with Gasteiger partial charge in [0, 0.05) is 0 Å². The molecule has 5 nitrogen and oxygen atoms in total. The predicted molar refractivity (Wildman–Crippen MR) is 105 cm³/mol. The number of fused-ring (bicyclic) bond motifs is 1. The van der Waals surface area contributed by atoms with Crippen molar-refractivity contribution in [1.29, 1.82) is 0 Å². The summed E-state index contributed by atoms with van der Waals surface area (Å²) in [5.41, 5.74) is 5.20. The molecule has 26 heavy (non-hydrogen) atoms. The Morgan fingerprint density at radius 1 is 1.08 bits per heavy atom. The average molecular weight is 369 g/mol. The number of anilines is 1. The van der Waals surface area contributed by atoms with Gasteiger partial charge in [-0.2, -0.15) is 5.10 Å². The molecule has 0 radical (unpaired) electrons. The van der Waals surface area contributed by atoms with Crippen LogP contribution in [-0.2, 0) is 0 Å². The van der Waals surface area contributed by atoms with Gasteiger partial charge < -0.3 is 9.84 Å². The summed E-state index contributed by atoms with van der Waals surface area (Å²) >= 11 is 5.87. The van der Waals surface area contributed by atoms with Gasteiger partial charge in [0.25, 0.3) is 0 Å². The summed E-state index contributed by atoms with van der Waals surface area (Å²) in [5, 5.41) is 15.8. The number of carboxylic acids is 1. The highest BCUT2D eigenvalue weighted by atomic mass is 35.5. The van der Waals surface area contributed by atoms with Crippen molar-refractivity contribution >= 4 is 39.7 Å². The van der Waals surface area contributed by atoms with E-state index in [1.165, 1.54) is 12.1 Å². The van der Waals surface area contributed by atoms with E-state index in [-0.39, 0.29) is 10.6 Å². The molecule has 3 aromatic carbocycles. The number of rotatable bonds is 5. The minimum atomic E-state index is -1.08. The van der Waals surface area contributed by atoms with Gasteiger partial charge in [0.05, 0.1) is 29.1 Å². The highest BCUT2D eigenvalue weighted by Crippen LogP contribution is 2.23. The Morgan fingerprint density at radius 3 is 2.54 bits per heavy atom. The minimum absolute atomic E-state index is 0.0316. The molecular formula is C20H17ClN2O3. The van der Waals surface area contributed by atoms with Crippen LogP contribution in [0.3, 0.4) is 0 Å². The Kier molecular flexibility index (Phi) is 5.09. The standard InChI is InChI=1S/C20H17ClN2O3/c1-12(22-23-16-6-8-19(21)18(11-16)20(24)25)13-3-4-15-10-17(26-2)7-5-14(15)9-13/h3-11,23H,1-2H3,(H,24,25)/b22-12-. The van der Waals surface area contributed by atoms with E-state index in [9.17, 15) is 4.79 Å². The third-order valence-electron chi connectivity index (χ3n) is 4.01. The van der Waals surface area contributed by atoms with Gasteiger partial charge in [0.2, 0.25) is 0 Å². The minimum Gasteiger partial charge on any atom is -0.497 e. The number of ether oxygens (including phenoxy) is 1. The molecular weight excluding hydrogens is 352 g/mol. The Hall–Kier alpha value is -3.05. The third-order valence-corrected chi connectivity index (χ3v) is 4.34. The molecule has 3 aromatic rings. The van der Waals surface area contributed by atoms with Gasteiger partial charge in [-0.15, -0.1) is 0 Å². The van der Waals surface area contributed by atoms with E-state index in [1.807, 2.05) is 43.3 Å². The first-order chi connectivity index (χ1) is 12.5. The molecule has 0 atom stereocenters. The molecule has 0 saturated carbocycles. The lowest BCUT2D eigenvalue weighted by atomic mass is 10.0. The van der Waals surface area contributed by atoms with Crippen molar-refractivity contribution in [2.75, 3.05) is 12.5 Å². The summed E-state index contributed by atoms with van der Waals surface area (Å²) < 4.78 is 5.24. The maximum absolute atomic E-state index is 11.1. The molecule has 0 amide bonds. The van der Waals surface area contributed by atoms with Gasteiger partial charge in [-0.3, -0.25) is 5.43 Å².